The lowest BCUT2D eigenvalue weighted by atomic mass is 10.2. The number of nitrogens with one attached hydrogen (secondary N) is 3. The lowest BCUT2D eigenvalue weighted by Gasteiger charge is -2.07. The second kappa shape index (κ2) is 7.74. The molecule has 1 aromatic heterocycles. The van der Waals surface area contributed by atoms with E-state index < -0.39 is 18.4 Å². The minimum atomic E-state index is -2.96. The third-order valence-corrected chi connectivity index (χ3v) is 2.69. The highest BCUT2D eigenvalue weighted by molar-refractivity contribution is 5.97. The minimum Gasteiger partial charge on any atom is -0.434 e. The number of rotatable bonds is 5. The molecule has 0 atom stereocenters. The summed E-state index contributed by atoms with van der Waals surface area (Å²) < 4.78 is 28.9. The van der Waals surface area contributed by atoms with Crippen LogP contribution in [-0.4, -0.2) is 23.4 Å². The van der Waals surface area contributed by atoms with Crippen LogP contribution in [0.25, 0.3) is 6.08 Å². The van der Waals surface area contributed by atoms with Crippen LogP contribution in [0.1, 0.15) is 16.1 Å². The zero-order valence-corrected chi connectivity index (χ0v) is 11.8. The predicted molar refractivity (Wildman–Crippen MR) is 78.5 cm³/mol. The van der Waals surface area contributed by atoms with E-state index in [9.17, 15) is 18.4 Å². The first-order valence-corrected chi connectivity index (χ1v) is 6.52. The monoisotopic (exact) mass is 321 g/mol. The molecule has 3 N–H and O–H groups in total. The number of halogens is 2. The first kappa shape index (κ1) is 16.2. The van der Waals surface area contributed by atoms with Crippen LogP contribution in [0.3, 0.4) is 0 Å². The van der Waals surface area contributed by atoms with Crippen molar-refractivity contribution in [2.45, 2.75) is 6.61 Å². The summed E-state index contributed by atoms with van der Waals surface area (Å²) >= 11 is 0. The Morgan fingerprint density at radius 1 is 1.13 bits per heavy atom. The normalized spacial score (nSPS) is 10.7. The molecule has 0 unspecified atom stereocenters. The van der Waals surface area contributed by atoms with Crippen LogP contribution in [0.5, 0.6) is 5.75 Å². The third kappa shape index (κ3) is 4.95. The molecular weight excluding hydrogens is 308 g/mol. The van der Waals surface area contributed by atoms with E-state index in [-0.39, 0.29) is 11.4 Å². The number of hydrogen-bond acceptors (Lipinski definition) is 3. The molecule has 0 radical (unpaired) electrons. The summed E-state index contributed by atoms with van der Waals surface area (Å²) in [5, 5.41) is 0. The molecule has 8 heteroatoms. The fraction of sp³-hybridized carbons (Fsp3) is 0.0667. The first-order chi connectivity index (χ1) is 11.1. The predicted octanol–water partition coefficient (Wildman–Crippen LogP) is 2.09. The molecule has 0 aliphatic rings. The SMILES string of the molecule is O=C(/C=C/c1ccccc1OC(F)F)NNC(=O)c1ccc[nH]1. The molecule has 0 aliphatic carbocycles. The molecule has 0 bridgehead atoms. The van der Waals surface area contributed by atoms with E-state index in [4.69, 9.17) is 0 Å². The molecule has 120 valence electrons. The van der Waals surface area contributed by atoms with Crippen LogP contribution >= 0.6 is 0 Å². The van der Waals surface area contributed by atoms with E-state index in [0.717, 1.165) is 6.08 Å². The molecule has 2 aromatic rings. The largest absolute Gasteiger partial charge is 0.434 e. The Balaban J connectivity index is 1.92. The molecule has 0 fully saturated rings. The van der Waals surface area contributed by atoms with Crippen molar-refractivity contribution in [3.63, 3.8) is 0 Å². The maximum atomic E-state index is 12.3. The minimum absolute atomic E-state index is 0.0537. The van der Waals surface area contributed by atoms with Gasteiger partial charge in [-0.3, -0.25) is 20.4 Å². The molecule has 0 spiro atoms. The molecule has 2 amide bonds. The quantitative estimate of drug-likeness (QED) is 0.582. The molecule has 2 rings (SSSR count). The van der Waals surface area contributed by atoms with Crippen LogP contribution in [0.4, 0.5) is 8.78 Å². The van der Waals surface area contributed by atoms with Crippen molar-refractivity contribution in [1.29, 1.82) is 0 Å². The van der Waals surface area contributed by atoms with Crippen molar-refractivity contribution in [1.82, 2.24) is 15.8 Å². The lowest BCUT2D eigenvalue weighted by Crippen LogP contribution is -2.40. The highest BCUT2D eigenvalue weighted by Crippen LogP contribution is 2.21. The third-order valence-electron chi connectivity index (χ3n) is 2.69. The van der Waals surface area contributed by atoms with Crippen molar-refractivity contribution in [3.05, 3.63) is 59.9 Å². The Morgan fingerprint density at radius 2 is 1.91 bits per heavy atom. The van der Waals surface area contributed by atoms with Gasteiger partial charge in [-0.15, -0.1) is 0 Å². The smallest absolute Gasteiger partial charge is 0.387 e. The van der Waals surface area contributed by atoms with Crippen LogP contribution in [0, 0.1) is 0 Å². The van der Waals surface area contributed by atoms with Crippen LogP contribution in [0.2, 0.25) is 0 Å². The van der Waals surface area contributed by atoms with Gasteiger partial charge in [-0.05, 0) is 24.3 Å². The molecule has 23 heavy (non-hydrogen) atoms. The zero-order chi connectivity index (χ0) is 16.7. The van der Waals surface area contributed by atoms with Gasteiger partial charge in [-0.1, -0.05) is 18.2 Å². The number of aromatic amines is 1. The van der Waals surface area contributed by atoms with Crippen LogP contribution in [0.15, 0.2) is 48.7 Å². The van der Waals surface area contributed by atoms with Crippen LogP contribution < -0.4 is 15.6 Å². The number of benzene rings is 1. The summed E-state index contributed by atoms with van der Waals surface area (Å²) in [6.45, 7) is -2.96. The van der Waals surface area contributed by atoms with Gasteiger partial charge in [0.05, 0.1) is 0 Å². The summed E-state index contributed by atoms with van der Waals surface area (Å²) in [6.07, 6.45) is 3.95. The summed E-state index contributed by atoms with van der Waals surface area (Å²) in [7, 11) is 0. The summed E-state index contributed by atoms with van der Waals surface area (Å²) in [6, 6.07) is 9.19. The first-order valence-electron chi connectivity index (χ1n) is 6.52. The van der Waals surface area contributed by atoms with E-state index >= 15 is 0 Å². The number of hydrogen-bond donors (Lipinski definition) is 3. The Bertz CT molecular complexity index is 700. The van der Waals surface area contributed by atoms with Crippen molar-refractivity contribution in [2.75, 3.05) is 0 Å². The summed E-state index contributed by atoms with van der Waals surface area (Å²) in [5.41, 5.74) is 4.95. The maximum Gasteiger partial charge on any atom is 0.387 e. The molecular formula is C15H13F2N3O3. The number of para-hydroxylation sites is 1. The number of alkyl halides is 2. The standard InChI is InChI=1S/C15H13F2N3O3/c16-15(17)23-12-6-2-1-4-10(12)7-8-13(21)19-20-14(22)11-5-3-9-18-11/h1-9,15,18H,(H,19,21)(H,20,22)/b8-7+. The Labute approximate surface area is 130 Å². The summed E-state index contributed by atoms with van der Waals surface area (Å²) in [5.74, 6) is -1.20. The highest BCUT2D eigenvalue weighted by atomic mass is 19.3. The molecule has 1 aromatic carbocycles. The highest BCUT2D eigenvalue weighted by Gasteiger charge is 2.08. The number of carbonyl (C=O) groups is 2. The molecule has 6 nitrogen and oxygen atoms in total. The van der Waals surface area contributed by atoms with Gasteiger partial charge in [0.1, 0.15) is 11.4 Å². The van der Waals surface area contributed by atoms with Gasteiger partial charge < -0.3 is 9.72 Å². The average Bonchev–Trinajstić information content (AvgIpc) is 3.05. The zero-order valence-electron chi connectivity index (χ0n) is 11.8. The fourth-order valence-corrected chi connectivity index (χ4v) is 1.69. The van der Waals surface area contributed by atoms with Crippen molar-refractivity contribution in [2.24, 2.45) is 0 Å². The second-order valence-electron chi connectivity index (χ2n) is 4.28. The van der Waals surface area contributed by atoms with Crippen molar-refractivity contribution >= 4 is 17.9 Å². The van der Waals surface area contributed by atoms with Crippen molar-refractivity contribution in [3.8, 4) is 5.75 Å². The van der Waals surface area contributed by atoms with Gasteiger partial charge in [-0.25, -0.2) is 0 Å². The van der Waals surface area contributed by atoms with Gasteiger partial charge in [0, 0.05) is 17.8 Å². The number of H-pyrrole nitrogens is 1. The van der Waals surface area contributed by atoms with E-state index in [1.54, 1.807) is 18.3 Å². The average molecular weight is 321 g/mol. The number of hydrazine groups is 1. The molecule has 0 aliphatic heterocycles. The second-order valence-corrected chi connectivity index (χ2v) is 4.28. The van der Waals surface area contributed by atoms with E-state index in [2.05, 4.69) is 20.6 Å². The Kier molecular flexibility index (Phi) is 5.45. The van der Waals surface area contributed by atoms with Crippen molar-refractivity contribution < 1.29 is 23.1 Å². The molecule has 1 heterocycles. The van der Waals surface area contributed by atoms with Crippen LogP contribution in [-0.2, 0) is 4.79 Å². The lowest BCUT2D eigenvalue weighted by molar-refractivity contribution is -0.117. The van der Waals surface area contributed by atoms with Gasteiger partial charge in [0.25, 0.3) is 11.8 Å². The Hall–Kier alpha value is -3.16. The topological polar surface area (TPSA) is 83.2 Å². The number of ether oxygens (including phenoxy) is 1. The number of amides is 2. The number of carbonyl (C=O) groups excluding carboxylic acids is 2. The molecule has 0 saturated carbocycles. The van der Waals surface area contributed by atoms with E-state index in [0.29, 0.717) is 5.56 Å². The van der Waals surface area contributed by atoms with Gasteiger partial charge in [0.15, 0.2) is 0 Å². The maximum absolute atomic E-state index is 12.3. The molecule has 0 saturated heterocycles. The van der Waals surface area contributed by atoms with Gasteiger partial charge >= 0.3 is 6.61 Å². The fourth-order valence-electron chi connectivity index (χ4n) is 1.69. The van der Waals surface area contributed by atoms with E-state index in [1.807, 2.05) is 0 Å². The van der Waals surface area contributed by atoms with Gasteiger partial charge in [-0.2, -0.15) is 8.78 Å². The number of aromatic nitrogens is 1. The Morgan fingerprint density at radius 3 is 2.61 bits per heavy atom. The van der Waals surface area contributed by atoms with Gasteiger partial charge in [0.2, 0.25) is 0 Å². The van der Waals surface area contributed by atoms with E-state index in [1.165, 1.54) is 30.3 Å². The summed E-state index contributed by atoms with van der Waals surface area (Å²) in [4.78, 5) is 25.9.